The summed E-state index contributed by atoms with van der Waals surface area (Å²) in [6.07, 6.45) is -4.20. The molecule has 0 spiro atoms. The minimum absolute atomic E-state index is 0.0362. The maximum Gasteiger partial charge on any atom is 0.471 e. The van der Waals surface area contributed by atoms with Crippen molar-refractivity contribution in [3.05, 3.63) is 12.3 Å². The SMILES string of the molecule is CN(/C=C\C(=O)NC=O)C1CCN(C(=O)C(F)(F)F)CC(CO)O1. The lowest BCUT2D eigenvalue weighted by atomic mass is 10.3. The van der Waals surface area contributed by atoms with Crippen LogP contribution in [0.1, 0.15) is 6.42 Å². The largest absolute Gasteiger partial charge is 0.471 e. The Kier molecular flexibility index (Phi) is 7.17. The zero-order valence-electron chi connectivity index (χ0n) is 12.8. The number of aliphatic hydroxyl groups is 1. The van der Waals surface area contributed by atoms with Crippen molar-refractivity contribution in [1.82, 2.24) is 15.1 Å². The van der Waals surface area contributed by atoms with Crippen molar-refractivity contribution in [3.8, 4) is 0 Å². The number of carbonyl (C=O) groups excluding carboxylic acids is 3. The van der Waals surface area contributed by atoms with Crippen molar-refractivity contribution in [3.63, 3.8) is 0 Å². The van der Waals surface area contributed by atoms with Gasteiger partial charge in [-0.15, -0.1) is 0 Å². The average Bonchev–Trinajstić information content (AvgIpc) is 2.73. The summed E-state index contributed by atoms with van der Waals surface area (Å²) in [5, 5.41) is 11.1. The van der Waals surface area contributed by atoms with Crippen molar-refractivity contribution in [1.29, 1.82) is 0 Å². The number of hydrogen-bond donors (Lipinski definition) is 2. The van der Waals surface area contributed by atoms with Gasteiger partial charge in [-0.1, -0.05) is 0 Å². The maximum atomic E-state index is 12.5. The minimum Gasteiger partial charge on any atom is -0.394 e. The molecule has 0 aromatic heterocycles. The van der Waals surface area contributed by atoms with Gasteiger partial charge < -0.3 is 19.6 Å². The van der Waals surface area contributed by atoms with Crippen LogP contribution in [-0.2, 0) is 19.1 Å². The van der Waals surface area contributed by atoms with Gasteiger partial charge in [-0.2, -0.15) is 13.2 Å². The highest BCUT2D eigenvalue weighted by atomic mass is 19.4. The molecule has 1 fully saturated rings. The van der Waals surface area contributed by atoms with E-state index in [4.69, 9.17) is 4.74 Å². The summed E-state index contributed by atoms with van der Waals surface area (Å²) in [7, 11) is 1.50. The summed E-state index contributed by atoms with van der Waals surface area (Å²) >= 11 is 0. The second kappa shape index (κ2) is 8.64. The molecule has 24 heavy (non-hydrogen) atoms. The van der Waals surface area contributed by atoms with Gasteiger partial charge in [0.1, 0.15) is 12.3 Å². The van der Waals surface area contributed by atoms with Crippen molar-refractivity contribution in [2.24, 2.45) is 0 Å². The van der Waals surface area contributed by atoms with Gasteiger partial charge in [0.05, 0.1) is 6.61 Å². The van der Waals surface area contributed by atoms with Crippen LogP contribution in [0.15, 0.2) is 12.3 Å². The Morgan fingerprint density at radius 2 is 2.12 bits per heavy atom. The van der Waals surface area contributed by atoms with E-state index >= 15 is 0 Å². The Labute approximate surface area is 135 Å². The van der Waals surface area contributed by atoms with Crippen LogP contribution >= 0.6 is 0 Å². The lowest BCUT2D eigenvalue weighted by Crippen LogP contribution is -2.45. The van der Waals surface area contributed by atoms with Crippen molar-refractivity contribution in [2.75, 3.05) is 26.7 Å². The van der Waals surface area contributed by atoms with Crippen LogP contribution in [0, 0.1) is 0 Å². The van der Waals surface area contributed by atoms with Crippen LogP contribution in [0.4, 0.5) is 13.2 Å². The molecule has 1 rings (SSSR count). The highest BCUT2D eigenvalue weighted by Crippen LogP contribution is 2.22. The summed E-state index contributed by atoms with van der Waals surface area (Å²) in [6, 6.07) is 0. The average molecular weight is 353 g/mol. The summed E-state index contributed by atoms with van der Waals surface area (Å²) in [5.41, 5.74) is 0. The Balaban J connectivity index is 2.77. The first-order valence-electron chi connectivity index (χ1n) is 6.95. The second-order valence-electron chi connectivity index (χ2n) is 5.04. The lowest BCUT2D eigenvalue weighted by molar-refractivity contribution is -0.186. The number of amides is 3. The first-order valence-corrected chi connectivity index (χ1v) is 6.95. The summed E-state index contributed by atoms with van der Waals surface area (Å²) in [4.78, 5) is 34.6. The van der Waals surface area contributed by atoms with E-state index in [1.807, 2.05) is 5.32 Å². The van der Waals surface area contributed by atoms with E-state index in [1.165, 1.54) is 18.1 Å². The molecule has 0 aliphatic carbocycles. The van der Waals surface area contributed by atoms with Crippen LogP contribution in [0.3, 0.4) is 0 Å². The van der Waals surface area contributed by atoms with Gasteiger partial charge in [-0.3, -0.25) is 19.7 Å². The van der Waals surface area contributed by atoms with E-state index in [-0.39, 0.29) is 19.4 Å². The molecule has 1 aliphatic rings. The standard InChI is InChI=1S/C13H18F3N3O5/c1-18(4-2-10(22)17-8-21)11-3-5-19(6-9(7-20)24-11)12(23)13(14,15)16/h2,4,8-9,11,20H,3,5-7H2,1H3,(H,17,21,22)/b4-2-. The molecule has 0 saturated carbocycles. The zero-order chi connectivity index (χ0) is 18.3. The van der Waals surface area contributed by atoms with Crippen LogP contribution in [0.5, 0.6) is 0 Å². The number of nitrogens with one attached hydrogen (secondary N) is 1. The van der Waals surface area contributed by atoms with E-state index < -0.39 is 43.5 Å². The predicted octanol–water partition coefficient (Wildman–Crippen LogP) is -0.797. The Morgan fingerprint density at radius 3 is 2.67 bits per heavy atom. The van der Waals surface area contributed by atoms with Gasteiger partial charge in [-0.25, -0.2) is 0 Å². The topological polar surface area (TPSA) is 99.2 Å². The molecule has 1 heterocycles. The molecule has 1 saturated heterocycles. The molecule has 0 aromatic rings. The highest BCUT2D eigenvalue weighted by Gasteiger charge is 2.44. The van der Waals surface area contributed by atoms with Crippen molar-refractivity contribution < 1.29 is 37.4 Å². The summed E-state index contributed by atoms with van der Waals surface area (Å²) in [5.74, 6) is -2.67. The van der Waals surface area contributed by atoms with E-state index in [0.717, 1.165) is 6.08 Å². The van der Waals surface area contributed by atoms with Gasteiger partial charge >= 0.3 is 12.1 Å². The number of alkyl halides is 3. The molecule has 11 heteroatoms. The number of imide groups is 1. The molecule has 2 atom stereocenters. The third kappa shape index (κ3) is 5.81. The van der Waals surface area contributed by atoms with Gasteiger partial charge in [0.15, 0.2) is 0 Å². The fourth-order valence-corrected chi connectivity index (χ4v) is 2.09. The van der Waals surface area contributed by atoms with Crippen molar-refractivity contribution in [2.45, 2.75) is 24.9 Å². The van der Waals surface area contributed by atoms with Gasteiger partial charge in [-0.05, 0) is 0 Å². The van der Waals surface area contributed by atoms with E-state index in [9.17, 15) is 32.7 Å². The fourth-order valence-electron chi connectivity index (χ4n) is 2.09. The first-order chi connectivity index (χ1) is 11.2. The minimum atomic E-state index is -5.00. The number of hydrogen-bond acceptors (Lipinski definition) is 6. The Hall–Kier alpha value is -2.14. The molecule has 3 amide bonds. The molecular weight excluding hydrogens is 335 g/mol. The smallest absolute Gasteiger partial charge is 0.394 e. The van der Waals surface area contributed by atoms with Crippen LogP contribution in [0.25, 0.3) is 0 Å². The molecule has 1 aliphatic heterocycles. The summed E-state index contributed by atoms with van der Waals surface area (Å²) in [6.45, 7) is -1.19. The zero-order valence-corrected chi connectivity index (χ0v) is 12.8. The highest BCUT2D eigenvalue weighted by molar-refractivity contribution is 5.94. The van der Waals surface area contributed by atoms with E-state index in [2.05, 4.69) is 0 Å². The molecule has 2 unspecified atom stereocenters. The molecule has 0 radical (unpaired) electrons. The monoisotopic (exact) mass is 353 g/mol. The lowest BCUT2D eigenvalue weighted by Gasteiger charge is -2.27. The number of halogens is 3. The molecule has 0 aromatic carbocycles. The Morgan fingerprint density at radius 1 is 1.46 bits per heavy atom. The predicted molar refractivity (Wildman–Crippen MR) is 74.1 cm³/mol. The summed E-state index contributed by atoms with van der Waals surface area (Å²) < 4.78 is 43.1. The number of aliphatic hydroxyl groups excluding tert-OH is 1. The van der Waals surface area contributed by atoms with Gasteiger partial charge in [0.25, 0.3) is 5.91 Å². The molecule has 8 nitrogen and oxygen atoms in total. The van der Waals surface area contributed by atoms with E-state index in [0.29, 0.717) is 4.90 Å². The number of ether oxygens (including phenoxy) is 1. The van der Waals surface area contributed by atoms with Crippen LogP contribution in [-0.4, -0.2) is 78.4 Å². The number of rotatable bonds is 5. The second-order valence-corrected chi connectivity index (χ2v) is 5.04. The van der Waals surface area contributed by atoms with Gasteiger partial charge in [0, 0.05) is 38.8 Å². The van der Waals surface area contributed by atoms with Crippen LogP contribution < -0.4 is 5.32 Å². The maximum absolute atomic E-state index is 12.5. The Bertz CT molecular complexity index is 498. The molecular formula is C13H18F3N3O5. The third-order valence-corrected chi connectivity index (χ3v) is 3.27. The quantitative estimate of drug-likeness (QED) is 0.496. The normalized spacial score (nSPS) is 22.1. The first kappa shape index (κ1) is 19.9. The molecule has 2 N–H and O–H groups in total. The van der Waals surface area contributed by atoms with Gasteiger partial charge in [0.2, 0.25) is 6.41 Å². The van der Waals surface area contributed by atoms with E-state index in [1.54, 1.807) is 0 Å². The molecule has 0 bridgehead atoms. The van der Waals surface area contributed by atoms with Crippen molar-refractivity contribution >= 4 is 18.2 Å². The number of carbonyl (C=O) groups is 3. The van der Waals surface area contributed by atoms with Crippen LogP contribution in [0.2, 0.25) is 0 Å². The molecule has 136 valence electrons. The number of nitrogens with zero attached hydrogens (tertiary/aromatic N) is 2. The third-order valence-electron chi connectivity index (χ3n) is 3.27. The fraction of sp³-hybridized carbons (Fsp3) is 0.615.